The van der Waals surface area contributed by atoms with Crippen molar-refractivity contribution in [3.05, 3.63) is 23.8 Å². The van der Waals surface area contributed by atoms with Crippen LogP contribution < -0.4 is 0 Å². The van der Waals surface area contributed by atoms with Gasteiger partial charge in [-0.3, -0.25) is 0 Å². The summed E-state index contributed by atoms with van der Waals surface area (Å²) in [5.74, 6) is 0.444. The second-order valence-electron chi connectivity index (χ2n) is 6.96. The van der Waals surface area contributed by atoms with E-state index in [1.807, 2.05) is 0 Å². The van der Waals surface area contributed by atoms with Gasteiger partial charge in [0, 0.05) is 11.8 Å². The Labute approximate surface area is 123 Å². The highest BCUT2D eigenvalue weighted by atomic mass is 16.3. The molecule has 20 heavy (non-hydrogen) atoms. The quantitative estimate of drug-likeness (QED) is 0.773. The normalized spacial score (nSPS) is 36.7. The SMILES string of the molecule is C=C(C)C1CCC2(CO)CCCC=C2C1(C)CCC#N. The van der Waals surface area contributed by atoms with Crippen LogP contribution in [0, 0.1) is 28.1 Å². The first kappa shape index (κ1) is 15.3. The van der Waals surface area contributed by atoms with E-state index < -0.39 is 0 Å². The van der Waals surface area contributed by atoms with Crippen LogP contribution in [0.4, 0.5) is 0 Å². The van der Waals surface area contributed by atoms with Crippen molar-refractivity contribution >= 4 is 0 Å². The maximum Gasteiger partial charge on any atom is 0.0622 e. The van der Waals surface area contributed by atoms with E-state index in [4.69, 9.17) is 5.26 Å². The van der Waals surface area contributed by atoms with Crippen LogP contribution in [0.2, 0.25) is 0 Å². The molecule has 3 atom stereocenters. The van der Waals surface area contributed by atoms with Gasteiger partial charge in [-0.15, -0.1) is 0 Å². The lowest BCUT2D eigenvalue weighted by Gasteiger charge is -2.55. The van der Waals surface area contributed by atoms with Crippen molar-refractivity contribution in [1.29, 1.82) is 5.26 Å². The van der Waals surface area contributed by atoms with Gasteiger partial charge in [0.25, 0.3) is 0 Å². The fourth-order valence-electron chi connectivity index (χ4n) is 4.72. The van der Waals surface area contributed by atoms with Crippen LogP contribution in [0.3, 0.4) is 0 Å². The number of aliphatic hydroxyl groups is 1. The zero-order chi connectivity index (χ0) is 14.8. The van der Waals surface area contributed by atoms with Gasteiger partial charge in [0.05, 0.1) is 12.7 Å². The molecule has 0 aromatic carbocycles. The summed E-state index contributed by atoms with van der Waals surface area (Å²) in [7, 11) is 0. The van der Waals surface area contributed by atoms with Gasteiger partial charge >= 0.3 is 0 Å². The van der Waals surface area contributed by atoms with E-state index in [0.29, 0.717) is 12.3 Å². The third kappa shape index (κ3) is 2.33. The highest BCUT2D eigenvalue weighted by Crippen LogP contribution is 2.60. The molecule has 1 fully saturated rings. The number of fused-ring (bicyclic) bond motifs is 1. The molecule has 0 bridgehead atoms. The van der Waals surface area contributed by atoms with E-state index in [0.717, 1.165) is 32.1 Å². The number of hydrogen-bond donors (Lipinski definition) is 1. The Morgan fingerprint density at radius 3 is 2.90 bits per heavy atom. The molecule has 2 nitrogen and oxygen atoms in total. The summed E-state index contributed by atoms with van der Waals surface area (Å²) in [5.41, 5.74) is 2.63. The van der Waals surface area contributed by atoms with Crippen LogP contribution in [0.15, 0.2) is 23.8 Å². The Hall–Kier alpha value is -1.07. The lowest BCUT2D eigenvalue weighted by atomic mass is 9.50. The van der Waals surface area contributed by atoms with Crippen molar-refractivity contribution in [2.75, 3.05) is 6.61 Å². The molecule has 0 spiro atoms. The van der Waals surface area contributed by atoms with Gasteiger partial charge in [-0.2, -0.15) is 5.26 Å². The maximum atomic E-state index is 10.0. The molecule has 2 rings (SSSR count). The molecule has 0 aromatic heterocycles. The lowest BCUT2D eigenvalue weighted by molar-refractivity contribution is 0.0437. The highest BCUT2D eigenvalue weighted by Gasteiger charge is 2.51. The minimum atomic E-state index is -0.0194. The fraction of sp³-hybridized carbons (Fsp3) is 0.722. The molecule has 0 amide bonds. The molecule has 1 saturated carbocycles. The third-order valence-corrected chi connectivity index (χ3v) is 5.73. The summed E-state index contributed by atoms with van der Waals surface area (Å²) in [6.45, 7) is 8.86. The van der Waals surface area contributed by atoms with Crippen LogP contribution in [0.5, 0.6) is 0 Å². The Kier molecular flexibility index (Phi) is 4.39. The molecular formula is C18H27NO. The van der Waals surface area contributed by atoms with Gasteiger partial charge in [-0.05, 0) is 56.8 Å². The van der Waals surface area contributed by atoms with Crippen molar-refractivity contribution in [2.24, 2.45) is 16.7 Å². The Morgan fingerprint density at radius 1 is 1.55 bits per heavy atom. The molecule has 0 heterocycles. The molecule has 0 aliphatic heterocycles. The average molecular weight is 273 g/mol. The van der Waals surface area contributed by atoms with Gasteiger partial charge in [0.1, 0.15) is 0 Å². The molecule has 2 aliphatic rings. The van der Waals surface area contributed by atoms with Crippen molar-refractivity contribution in [2.45, 2.75) is 58.8 Å². The molecule has 2 aliphatic carbocycles. The van der Waals surface area contributed by atoms with Crippen LogP contribution in [0.1, 0.15) is 58.8 Å². The van der Waals surface area contributed by atoms with E-state index in [1.165, 1.54) is 17.6 Å². The van der Waals surface area contributed by atoms with Gasteiger partial charge in [0.15, 0.2) is 0 Å². The summed E-state index contributed by atoms with van der Waals surface area (Å²) in [5, 5.41) is 19.0. The van der Waals surface area contributed by atoms with E-state index >= 15 is 0 Å². The van der Waals surface area contributed by atoms with Crippen molar-refractivity contribution in [3.8, 4) is 6.07 Å². The molecule has 2 heteroatoms. The minimum Gasteiger partial charge on any atom is -0.395 e. The molecule has 0 aromatic rings. The number of aliphatic hydroxyl groups excluding tert-OH is 1. The predicted octanol–water partition coefficient (Wildman–Crippen LogP) is 4.37. The summed E-state index contributed by atoms with van der Waals surface area (Å²) < 4.78 is 0. The number of rotatable bonds is 4. The average Bonchev–Trinajstić information content (AvgIpc) is 2.45. The predicted molar refractivity (Wildman–Crippen MR) is 81.9 cm³/mol. The van der Waals surface area contributed by atoms with Gasteiger partial charge in [0.2, 0.25) is 0 Å². The summed E-state index contributed by atoms with van der Waals surface area (Å²) in [6, 6.07) is 2.31. The fourth-order valence-corrected chi connectivity index (χ4v) is 4.72. The number of hydrogen-bond acceptors (Lipinski definition) is 2. The summed E-state index contributed by atoms with van der Waals surface area (Å²) in [6.07, 6.45) is 9.38. The van der Waals surface area contributed by atoms with Crippen LogP contribution in [-0.2, 0) is 0 Å². The Balaban J connectivity index is 2.45. The first-order valence-electron chi connectivity index (χ1n) is 7.84. The molecule has 0 radical (unpaired) electrons. The Bertz CT molecular complexity index is 459. The topological polar surface area (TPSA) is 44.0 Å². The molecule has 3 unspecified atom stereocenters. The molecule has 0 saturated heterocycles. The zero-order valence-electron chi connectivity index (χ0n) is 12.9. The second-order valence-corrected chi connectivity index (χ2v) is 6.96. The van der Waals surface area contributed by atoms with Gasteiger partial charge in [-0.25, -0.2) is 0 Å². The smallest absolute Gasteiger partial charge is 0.0622 e. The van der Waals surface area contributed by atoms with E-state index in [2.05, 4.69) is 32.6 Å². The first-order valence-corrected chi connectivity index (χ1v) is 7.84. The first-order chi connectivity index (χ1) is 9.50. The van der Waals surface area contributed by atoms with Gasteiger partial charge in [-0.1, -0.05) is 30.7 Å². The zero-order valence-corrected chi connectivity index (χ0v) is 12.9. The van der Waals surface area contributed by atoms with Crippen molar-refractivity contribution in [1.82, 2.24) is 0 Å². The maximum absolute atomic E-state index is 10.0. The monoisotopic (exact) mass is 273 g/mol. The highest BCUT2D eigenvalue weighted by molar-refractivity contribution is 5.32. The Morgan fingerprint density at radius 2 is 2.30 bits per heavy atom. The van der Waals surface area contributed by atoms with Crippen LogP contribution >= 0.6 is 0 Å². The molecule has 1 N–H and O–H groups in total. The van der Waals surface area contributed by atoms with Crippen LogP contribution in [0.25, 0.3) is 0 Å². The van der Waals surface area contributed by atoms with E-state index in [-0.39, 0.29) is 17.4 Å². The van der Waals surface area contributed by atoms with Crippen molar-refractivity contribution < 1.29 is 5.11 Å². The largest absolute Gasteiger partial charge is 0.395 e. The van der Waals surface area contributed by atoms with E-state index in [9.17, 15) is 5.11 Å². The van der Waals surface area contributed by atoms with E-state index in [1.54, 1.807) is 0 Å². The third-order valence-electron chi connectivity index (χ3n) is 5.73. The van der Waals surface area contributed by atoms with Crippen LogP contribution in [-0.4, -0.2) is 11.7 Å². The van der Waals surface area contributed by atoms with Crippen molar-refractivity contribution in [3.63, 3.8) is 0 Å². The standard InChI is InChI=1S/C18H27NO/c1-14(2)15-8-11-18(13-20)10-5-4-7-16(18)17(15,3)9-6-12-19/h7,15,20H,1,4-6,8-11,13H2,2-3H3. The number of nitriles is 1. The number of allylic oxidation sites excluding steroid dienone is 2. The lowest BCUT2D eigenvalue weighted by Crippen LogP contribution is -2.46. The minimum absolute atomic E-state index is 0.00294. The summed E-state index contributed by atoms with van der Waals surface area (Å²) >= 11 is 0. The molecular weight excluding hydrogens is 246 g/mol. The second kappa shape index (κ2) is 5.74. The summed E-state index contributed by atoms with van der Waals surface area (Å²) in [4.78, 5) is 0. The number of nitrogens with zero attached hydrogens (tertiary/aromatic N) is 1. The van der Waals surface area contributed by atoms with Gasteiger partial charge < -0.3 is 5.11 Å². The molecule has 110 valence electrons.